The number of amides is 2. The molecule has 1 aliphatic rings. The summed E-state index contributed by atoms with van der Waals surface area (Å²) in [4.78, 5) is 13.3. The Morgan fingerprint density at radius 2 is 2.29 bits per heavy atom. The Hall–Kier alpha value is -0.580. The highest BCUT2D eigenvalue weighted by molar-refractivity contribution is 7.85. The minimum Gasteiger partial charge on any atom is -0.341 e. The van der Waals surface area contributed by atoms with Crippen LogP contribution in [0.4, 0.5) is 4.79 Å². The zero-order valence-corrected chi connectivity index (χ0v) is 9.76. The number of carbonyl (C=O) groups is 1. The van der Waals surface area contributed by atoms with Crippen molar-refractivity contribution in [2.75, 3.05) is 19.3 Å². The first-order chi connectivity index (χ1) is 6.61. The Morgan fingerprint density at radius 1 is 1.64 bits per heavy atom. The van der Waals surface area contributed by atoms with Crippen LogP contribution in [0.2, 0.25) is 0 Å². The highest BCUT2D eigenvalue weighted by atomic mass is 32.2. The minimum absolute atomic E-state index is 0.0552. The van der Waals surface area contributed by atoms with Crippen LogP contribution in [0.3, 0.4) is 0 Å². The summed E-state index contributed by atoms with van der Waals surface area (Å²) < 4.78 is 11.6. The van der Waals surface area contributed by atoms with Crippen LogP contribution in [0.5, 0.6) is 0 Å². The lowest BCUT2D eigenvalue weighted by Crippen LogP contribution is -2.55. The normalized spacial score (nSPS) is 32.8. The Balaban J connectivity index is 2.76. The molecule has 14 heavy (non-hydrogen) atoms. The van der Waals surface area contributed by atoms with Gasteiger partial charge in [-0.15, -0.1) is 0 Å². The fourth-order valence-corrected chi connectivity index (χ4v) is 3.35. The first-order valence-corrected chi connectivity index (χ1v) is 6.35. The maximum atomic E-state index is 11.6. The molecule has 1 rings (SSSR count). The van der Waals surface area contributed by atoms with E-state index in [0.717, 1.165) is 6.42 Å². The lowest BCUT2D eigenvalue weighted by molar-refractivity contribution is 0.174. The van der Waals surface area contributed by atoms with E-state index in [2.05, 4.69) is 5.32 Å². The van der Waals surface area contributed by atoms with Crippen molar-refractivity contribution >= 4 is 16.8 Å². The Kier molecular flexibility index (Phi) is 3.92. The van der Waals surface area contributed by atoms with Gasteiger partial charge in [-0.1, -0.05) is 6.92 Å². The summed E-state index contributed by atoms with van der Waals surface area (Å²) in [6.07, 6.45) is 0.861. The molecular formula is C9H18N2O2S. The predicted molar refractivity (Wildman–Crippen MR) is 57.7 cm³/mol. The third-order valence-corrected chi connectivity index (χ3v) is 4.51. The smallest absolute Gasteiger partial charge is 0.317 e. The van der Waals surface area contributed by atoms with Gasteiger partial charge in [0.05, 0.1) is 5.25 Å². The van der Waals surface area contributed by atoms with Crippen LogP contribution in [0.15, 0.2) is 0 Å². The highest BCUT2D eigenvalue weighted by Gasteiger charge is 2.34. The van der Waals surface area contributed by atoms with Gasteiger partial charge in [-0.2, -0.15) is 0 Å². The van der Waals surface area contributed by atoms with E-state index >= 15 is 0 Å². The highest BCUT2D eigenvalue weighted by Crippen LogP contribution is 2.19. The van der Waals surface area contributed by atoms with Gasteiger partial charge >= 0.3 is 6.03 Å². The quantitative estimate of drug-likeness (QED) is 0.699. The van der Waals surface area contributed by atoms with E-state index in [4.69, 9.17) is 0 Å². The lowest BCUT2D eigenvalue weighted by atomic mass is 10.1. The number of hydrogen-bond acceptors (Lipinski definition) is 2. The van der Waals surface area contributed by atoms with Crippen LogP contribution < -0.4 is 5.32 Å². The van der Waals surface area contributed by atoms with Gasteiger partial charge in [-0.05, 0) is 13.3 Å². The van der Waals surface area contributed by atoms with E-state index in [1.54, 1.807) is 11.9 Å². The van der Waals surface area contributed by atoms with Gasteiger partial charge in [0.25, 0.3) is 0 Å². The zero-order chi connectivity index (χ0) is 10.7. The van der Waals surface area contributed by atoms with Gasteiger partial charge in [0.1, 0.15) is 0 Å². The second kappa shape index (κ2) is 4.77. The Labute approximate surface area is 87.5 Å². The van der Waals surface area contributed by atoms with Crippen molar-refractivity contribution < 1.29 is 9.00 Å². The van der Waals surface area contributed by atoms with Gasteiger partial charge in [-0.3, -0.25) is 4.21 Å². The molecule has 0 aromatic rings. The van der Waals surface area contributed by atoms with Gasteiger partial charge < -0.3 is 10.2 Å². The van der Waals surface area contributed by atoms with Crippen LogP contribution >= 0.6 is 0 Å². The minimum atomic E-state index is -0.776. The molecule has 0 radical (unpaired) electrons. The fraction of sp³-hybridized carbons (Fsp3) is 0.889. The molecule has 0 aromatic carbocycles. The summed E-state index contributed by atoms with van der Waals surface area (Å²) in [5.74, 6) is 0.602. The largest absolute Gasteiger partial charge is 0.341 e. The standard InChI is InChI=1S/C9H18N2O2S/c1-4-8-7(2)14(13)6-5-11(8)9(12)10-3/h7-8H,4-6H2,1-3H3,(H,10,12). The molecule has 1 N–H and O–H groups in total. The molecule has 3 atom stereocenters. The fourth-order valence-electron chi connectivity index (χ4n) is 1.92. The van der Waals surface area contributed by atoms with Crippen molar-refractivity contribution in [1.82, 2.24) is 10.2 Å². The van der Waals surface area contributed by atoms with Crippen LogP contribution in [0, 0.1) is 0 Å². The van der Waals surface area contributed by atoms with Gasteiger partial charge in [-0.25, -0.2) is 4.79 Å². The summed E-state index contributed by atoms with van der Waals surface area (Å²) in [6, 6.07) is 0.0601. The molecule has 0 saturated carbocycles. The van der Waals surface area contributed by atoms with E-state index in [1.807, 2.05) is 13.8 Å². The van der Waals surface area contributed by atoms with Crippen molar-refractivity contribution in [2.45, 2.75) is 31.6 Å². The summed E-state index contributed by atoms with van der Waals surface area (Å²) in [5, 5.41) is 2.71. The zero-order valence-electron chi connectivity index (χ0n) is 8.95. The Morgan fingerprint density at radius 3 is 2.79 bits per heavy atom. The number of nitrogens with one attached hydrogen (secondary N) is 1. The molecule has 4 nitrogen and oxygen atoms in total. The summed E-state index contributed by atoms with van der Waals surface area (Å²) in [6.45, 7) is 4.59. The summed E-state index contributed by atoms with van der Waals surface area (Å²) >= 11 is 0. The average Bonchev–Trinajstić information content (AvgIpc) is 2.20. The second-order valence-electron chi connectivity index (χ2n) is 3.51. The van der Waals surface area contributed by atoms with Gasteiger partial charge in [0.15, 0.2) is 0 Å². The summed E-state index contributed by atoms with van der Waals surface area (Å²) in [5.41, 5.74) is 0. The molecule has 5 heteroatoms. The molecule has 0 aromatic heterocycles. The maximum absolute atomic E-state index is 11.6. The van der Waals surface area contributed by atoms with Crippen molar-refractivity contribution in [1.29, 1.82) is 0 Å². The molecule has 2 amide bonds. The molecule has 1 fully saturated rings. The first-order valence-electron chi connectivity index (χ1n) is 4.97. The van der Waals surface area contributed by atoms with Crippen LogP contribution in [-0.2, 0) is 10.8 Å². The second-order valence-corrected chi connectivity index (χ2v) is 5.43. The number of carbonyl (C=O) groups excluding carboxylic acids is 1. The molecule has 1 aliphatic heterocycles. The number of urea groups is 1. The molecule has 3 unspecified atom stereocenters. The topological polar surface area (TPSA) is 49.4 Å². The molecular weight excluding hydrogens is 200 g/mol. The van der Waals surface area contributed by atoms with Crippen molar-refractivity contribution in [2.24, 2.45) is 0 Å². The number of hydrogen-bond donors (Lipinski definition) is 1. The number of nitrogens with zero attached hydrogens (tertiary/aromatic N) is 1. The predicted octanol–water partition coefficient (Wildman–Crippen LogP) is 0.557. The van der Waals surface area contributed by atoms with Gasteiger partial charge in [0, 0.05) is 36.2 Å². The van der Waals surface area contributed by atoms with Crippen molar-refractivity contribution in [3.05, 3.63) is 0 Å². The van der Waals surface area contributed by atoms with Crippen LogP contribution in [0.1, 0.15) is 20.3 Å². The van der Waals surface area contributed by atoms with E-state index in [9.17, 15) is 9.00 Å². The van der Waals surface area contributed by atoms with Gasteiger partial charge in [0.2, 0.25) is 0 Å². The van der Waals surface area contributed by atoms with Crippen molar-refractivity contribution in [3.8, 4) is 0 Å². The lowest BCUT2D eigenvalue weighted by Gasteiger charge is -2.38. The van der Waals surface area contributed by atoms with E-state index in [-0.39, 0.29) is 17.3 Å². The summed E-state index contributed by atoms with van der Waals surface area (Å²) in [7, 11) is 0.854. The molecule has 1 saturated heterocycles. The molecule has 82 valence electrons. The van der Waals surface area contributed by atoms with Crippen LogP contribution in [0.25, 0.3) is 0 Å². The first kappa shape index (κ1) is 11.5. The molecule has 0 bridgehead atoms. The van der Waals surface area contributed by atoms with Crippen molar-refractivity contribution in [3.63, 3.8) is 0 Å². The van der Waals surface area contributed by atoms with Crippen LogP contribution in [-0.4, -0.2) is 45.8 Å². The monoisotopic (exact) mass is 218 g/mol. The number of rotatable bonds is 1. The maximum Gasteiger partial charge on any atom is 0.317 e. The SMILES string of the molecule is CCC1C(C)S(=O)CCN1C(=O)NC. The third-order valence-electron chi connectivity index (χ3n) is 2.78. The Bertz CT molecular complexity index is 245. The van der Waals surface area contributed by atoms with E-state index < -0.39 is 10.8 Å². The third kappa shape index (κ3) is 2.08. The van der Waals surface area contributed by atoms with E-state index in [1.165, 1.54) is 0 Å². The molecule has 0 aliphatic carbocycles. The average molecular weight is 218 g/mol. The molecule has 0 spiro atoms. The van der Waals surface area contributed by atoms with E-state index in [0.29, 0.717) is 12.3 Å². The molecule has 1 heterocycles.